The molecule has 90 valence electrons. The van der Waals surface area contributed by atoms with E-state index in [0.29, 0.717) is 12.1 Å². The van der Waals surface area contributed by atoms with Gasteiger partial charge in [-0.2, -0.15) is 0 Å². The average Bonchev–Trinajstić information content (AvgIpc) is 2.64. The minimum atomic E-state index is 0.367. The highest BCUT2D eigenvalue weighted by atomic mass is 79.9. The highest BCUT2D eigenvalue weighted by Crippen LogP contribution is 2.25. The molecule has 2 heterocycles. The van der Waals surface area contributed by atoms with Crippen molar-refractivity contribution in [3.8, 4) is 0 Å². The molecule has 1 aliphatic heterocycles. The second-order valence-corrected chi connectivity index (χ2v) is 6.89. The predicted molar refractivity (Wildman–Crippen MR) is 71.9 cm³/mol. The van der Waals surface area contributed by atoms with Gasteiger partial charge < -0.3 is 4.74 Å². The quantitative estimate of drug-likeness (QED) is 0.847. The van der Waals surface area contributed by atoms with Crippen molar-refractivity contribution in [2.45, 2.75) is 39.0 Å². The van der Waals surface area contributed by atoms with Crippen LogP contribution in [0.25, 0.3) is 0 Å². The second-order valence-electron chi connectivity index (χ2n) is 4.34. The monoisotopic (exact) mass is 303 g/mol. The van der Waals surface area contributed by atoms with Gasteiger partial charge in [0, 0.05) is 24.0 Å². The molecule has 1 aromatic rings. The van der Waals surface area contributed by atoms with Gasteiger partial charge in [0.25, 0.3) is 0 Å². The Balaban J connectivity index is 2.00. The van der Waals surface area contributed by atoms with Crippen LogP contribution in [0.3, 0.4) is 0 Å². The zero-order valence-corrected chi connectivity index (χ0v) is 12.2. The van der Waals surface area contributed by atoms with Gasteiger partial charge in [0.2, 0.25) is 0 Å². The lowest BCUT2D eigenvalue weighted by atomic mass is 10.1. The SMILES string of the molecule is CCC1COC(C)CN1Cc1ccc(Br)s1. The highest BCUT2D eigenvalue weighted by Gasteiger charge is 2.25. The first-order chi connectivity index (χ1) is 7.69. The molecule has 2 rings (SSSR count). The van der Waals surface area contributed by atoms with E-state index < -0.39 is 0 Å². The van der Waals surface area contributed by atoms with E-state index in [2.05, 4.69) is 46.8 Å². The Bertz CT molecular complexity index is 342. The second kappa shape index (κ2) is 5.63. The number of rotatable bonds is 3. The molecular weight excluding hydrogens is 286 g/mol. The Morgan fingerprint density at radius 3 is 3.00 bits per heavy atom. The van der Waals surface area contributed by atoms with Gasteiger partial charge >= 0.3 is 0 Å². The number of morpholine rings is 1. The van der Waals surface area contributed by atoms with E-state index in [-0.39, 0.29) is 0 Å². The summed E-state index contributed by atoms with van der Waals surface area (Å²) < 4.78 is 6.93. The van der Waals surface area contributed by atoms with Crippen LogP contribution in [-0.4, -0.2) is 30.2 Å². The van der Waals surface area contributed by atoms with Crippen molar-refractivity contribution in [1.29, 1.82) is 0 Å². The van der Waals surface area contributed by atoms with Crippen LogP contribution in [0.5, 0.6) is 0 Å². The highest BCUT2D eigenvalue weighted by molar-refractivity contribution is 9.11. The molecule has 0 spiro atoms. The van der Waals surface area contributed by atoms with E-state index in [1.165, 1.54) is 15.1 Å². The average molecular weight is 304 g/mol. The molecule has 2 atom stereocenters. The third-order valence-electron chi connectivity index (χ3n) is 3.04. The van der Waals surface area contributed by atoms with Gasteiger partial charge in [0.15, 0.2) is 0 Å². The molecule has 0 radical (unpaired) electrons. The molecule has 16 heavy (non-hydrogen) atoms. The zero-order valence-electron chi connectivity index (χ0n) is 9.78. The number of ether oxygens (including phenoxy) is 1. The van der Waals surface area contributed by atoms with Crippen LogP contribution in [0.4, 0.5) is 0 Å². The van der Waals surface area contributed by atoms with Crippen LogP contribution in [0, 0.1) is 0 Å². The van der Waals surface area contributed by atoms with Gasteiger partial charge in [-0.25, -0.2) is 0 Å². The van der Waals surface area contributed by atoms with Gasteiger partial charge in [-0.15, -0.1) is 11.3 Å². The lowest BCUT2D eigenvalue weighted by Gasteiger charge is -2.38. The Kier molecular flexibility index (Phi) is 4.41. The minimum Gasteiger partial charge on any atom is -0.376 e. The molecule has 0 saturated carbocycles. The van der Waals surface area contributed by atoms with E-state index in [1.807, 2.05) is 11.3 Å². The molecule has 0 aromatic carbocycles. The zero-order chi connectivity index (χ0) is 11.5. The molecule has 4 heteroatoms. The van der Waals surface area contributed by atoms with Gasteiger partial charge in [-0.3, -0.25) is 4.90 Å². The fraction of sp³-hybridized carbons (Fsp3) is 0.667. The normalized spacial score (nSPS) is 27.2. The molecule has 1 saturated heterocycles. The molecule has 1 fully saturated rings. The summed E-state index contributed by atoms with van der Waals surface area (Å²) in [7, 11) is 0. The van der Waals surface area contributed by atoms with Crippen molar-refractivity contribution in [2.24, 2.45) is 0 Å². The van der Waals surface area contributed by atoms with E-state index in [9.17, 15) is 0 Å². The lowest BCUT2D eigenvalue weighted by molar-refractivity contribution is -0.0588. The van der Waals surface area contributed by atoms with Crippen LogP contribution in [0.15, 0.2) is 15.9 Å². The first-order valence-corrected chi connectivity index (χ1v) is 7.40. The Morgan fingerprint density at radius 2 is 2.38 bits per heavy atom. The van der Waals surface area contributed by atoms with Gasteiger partial charge in [-0.1, -0.05) is 6.92 Å². The Morgan fingerprint density at radius 1 is 1.56 bits per heavy atom. The van der Waals surface area contributed by atoms with Gasteiger partial charge in [0.05, 0.1) is 16.5 Å². The molecule has 2 nitrogen and oxygen atoms in total. The van der Waals surface area contributed by atoms with E-state index in [0.717, 1.165) is 19.7 Å². The maximum Gasteiger partial charge on any atom is 0.0701 e. The molecule has 1 aliphatic rings. The molecule has 0 amide bonds. The molecule has 0 bridgehead atoms. The summed E-state index contributed by atoms with van der Waals surface area (Å²) >= 11 is 5.35. The predicted octanol–water partition coefficient (Wildman–Crippen LogP) is 3.51. The van der Waals surface area contributed by atoms with Crippen LogP contribution >= 0.6 is 27.3 Å². The topological polar surface area (TPSA) is 12.5 Å². The van der Waals surface area contributed by atoms with Crippen LogP contribution in [0.1, 0.15) is 25.1 Å². The van der Waals surface area contributed by atoms with Crippen molar-refractivity contribution in [2.75, 3.05) is 13.2 Å². The number of hydrogen-bond acceptors (Lipinski definition) is 3. The van der Waals surface area contributed by atoms with Crippen molar-refractivity contribution in [1.82, 2.24) is 4.90 Å². The van der Waals surface area contributed by atoms with Crippen LogP contribution in [0.2, 0.25) is 0 Å². The largest absolute Gasteiger partial charge is 0.376 e. The third kappa shape index (κ3) is 3.06. The summed E-state index contributed by atoms with van der Waals surface area (Å²) in [6.07, 6.45) is 1.53. The third-order valence-corrected chi connectivity index (χ3v) is 4.65. The number of nitrogens with zero attached hydrogens (tertiary/aromatic N) is 1. The minimum absolute atomic E-state index is 0.367. The van der Waals surface area contributed by atoms with Gasteiger partial charge in [0.1, 0.15) is 0 Å². The van der Waals surface area contributed by atoms with Gasteiger partial charge in [-0.05, 0) is 41.4 Å². The first kappa shape index (κ1) is 12.6. The number of thiophene rings is 1. The summed E-state index contributed by atoms with van der Waals surface area (Å²) in [4.78, 5) is 3.98. The van der Waals surface area contributed by atoms with Crippen molar-refractivity contribution in [3.05, 3.63) is 20.8 Å². The summed E-state index contributed by atoms with van der Waals surface area (Å²) in [5.74, 6) is 0. The maximum absolute atomic E-state index is 5.71. The van der Waals surface area contributed by atoms with E-state index in [1.54, 1.807) is 0 Å². The molecule has 2 unspecified atom stereocenters. The van der Waals surface area contributed by atoms with Crippen LogP contribution < -0.4 is 0 Å². The van der Waals surface area contributed by atoms with Crippen molar-refractivity contribution in [3.63, 3.8) is 0 Å². The smallest absolute Gasteiger partial charge is 0.0701 e. The molecule has 1 aromatic heterocycles. The van der Waals surface area contributed by atoms with E-state index in [4.69, 9.17) is 4.74 Å². The number of halogens is 1. The van der Waals surface area contributed by atoms with Crippen molar-refractivity contribution >= 4 is 27.3 Å². The molecule has 0 N–H and O–H groups in total. The molecular formula is C12H18BrNOS. The van der Waals surface area contributed by atoms with E-state index >= 15 is 0 Å². The fourth-order valence-corrected chi connectivity index (χ4v) is 3.63. The standard InChI is InChI=1S/C12H18BrNOS/c1-3-10-8-15-9(2)6-14(10)7-11-4-5-12(13)16-11/h4-5,9-10H,3,6-8H2,1-2H3. The fourth-order valence-electron chi connectivity index (χ4n) is 2.12. The summed E-state index contributed by atoms with van der Waals surface area (Å²) in [6.45, 7) is 7.38. The van der Waals surface area contributed by atoms with Crippen LogP contribution in [-0.2, 0) is 11.3 Å². The van der Waals surface area contributed by atoms with Crippen molar-refractivity contribution < 1.29 is 4.74 Å². The number of hydrogen-bond donors (Lipinski definition) is 0. The summed E-state index contributed by atoms with van der Waals surface area (Å²) in [6, 6.07) is 4.92. The Labute approximate surface area is 110 Å². The lowest BCUT2D eigenvalue weighted by Crippen LogP contribution is -2.47. The summed E-state index contributed by atoms with van der Waals surface area (Å²) in [5, 5.41) is 0. The maximum atomic E-state index is 5.71. The Hall–Kier alpha value is 0.1000. The summed E-state index contributed by atoms with van der Waals surface area (Å²) in [5.41, 5.74) is 0. The molecule has 0 aliphatic carbocycles. The first-order valence-electron chi connectivity index (χ1n) is 5.79.